The van der Waals surface area contributed by atoms with Crippen molar-refractivity contribution in [2.45, 2.75) is 19.8 Å². The van der Waals surface area contributed by atoms with Crippen molar-refractivity contribution in [1.82, 2.24) is 20.2 Å². The topological polar surface area (TPSA) is 44.3 Å². The van der Waals surface area contributed by atoms with Gasteiger partial charge in [-0.05, 0) is 5.92 Å². The van der Waals surface area contributed by atoms with Crippen molar-refractivity contribution in [2.24, 2.45) is 0 Å². The summed E-state index contributed by atoms with van der Waals surface area (Å²) in [5.41, 5.74) is 1.11. The van der Waals surface area contributed by atoms with Crippen LogP contribution in [0.15, 0.2) is 12.4 Å². The van der Waals surface area contributed by atoms with E-state index in [1.807, 2.05) is 0 Å². The normalized spacial score (nSPS) is 16.8. The standard InChI is InChI=1S/C14H25N5/c1-12(2)13-10-14(17-11-16-13)18(3)8-9-19-6-4-15-5-7-19/h10-12,15H,4-9H2,1-3H3. The van der Waals surface area contributed by atoms with Crippen LogP contribution in [-0.2, 0) is 0 Å². The van der Waals surface area contributed by atoms with Crippen LogP contribution in [0.2, 0.25) is 0 Å². The van der Waals surface area contributed by atoms with Gasteiger partial charge in [0.05, 0.1) is 0 Å². The average Bonchev–Trinajstić information content (AvgIpc) is 2.46. The molecular weight excluding hydrogens is 238 g/mol. The first-order chi connectivity index (χ1) is 9.16. The fraction of sp³-hybridized carbons (Fsp3) is 0.714. The molecule has 0 radical (unpaired) electrons. The maximum atomic E-state index is 4.37. The van der Waals surface area contributed by atoms with Gasteiger partial charge in [0.25, 0.3) is 0 Å². The lowest BCUT2D eigenvalue weighted by atomic mass is 10.1. The number of hydrogen-bond acceptors (Lipinski definition) is 5. The van der Waals surface area contributed by atoms with E-state index in [0.29, 0.717) is 5.92 Å². The number of nitrogens with zero attached hydrogens (tertiary/aromatic N) is 4. The molecule has 1 aliphatic heterocycles. The molecule has 5 nitrogen and oxygen atoms in total. The average molecular weight is 263 g/mol. The zero-order valence-corrected chi connectivity index (χ0v) is 12.3. The lowest BCUT2D eigenvalue weighted by Gasteiger charge is -2.29. The second-order valence-electron chi connectivity index (χ2n) is 5.47. The van der Waals surface area contributed by atoms with Gasteiger partial charge >= 0.3 is 0 Å². The van der Waals surface area contributed by atoms with Crippen molar-refractivity contribution in [2.75, 3.05) is 51.2 Å². The van der Waals surface area contributed by atoms with Crippen LogP contribution in [-0.4, -0.2) is 61.2 Å². The van der Waals surface area contributed by atoms with E-state index in [0.717, 1.165) is 50.8 Å². The van der Waals surface area contributed by atoms with Gasteiger partial charge in [-0.1, -0.05) is 13.8 Å². The van der Waals surface area contributed by atoms with Crippen LogP contribution in [0.1, 0.15) is 25.5 Å². The van der Waals surface area contributed by atoms with Gasteiger partial charge in [0, 0.05) is 58.1 Å². The summed E-state index contributed by atoms with van der Waals surface area (Å²) in [5.74, 6) is 1.47. The number of rotatable bonds is 5. The van der Waals surface area contributed by atoms with Gasteiger partial charge < -0.3 is 10.2 Å². The van der Waals surface area contributed by atoms with E-state index in [4.69, 9.17) is 0 Å². The summed E-state index contributed by atoms with van der Waals surface area (Å²) in [6.07, 6.45) is 1.67. The van der Waals surface area contributed by atoms with Crippen molar-refractivity contribution in [1.29, 1.82) is 0 Å². The number of hydrogen-bond donors (Lipinski definition) is 1. The molecule has 106 valence electrons. The van der Waals surface area contributed by atoms with E-state index in [-0.39, 0.29) is 0 Å². The number of aromatic nitrogens is 2. The molecule has 1 aromatic rings. The molecule has 0 aromatic carbocycles. The second kappa shape index (κ2) is 6.82. The monoisotopic (exact) mass is 263 g/mol. The smallest absolute Gasteiger partial charge is 0.131 e. The summed E-state index contributed by atoms with van der Waals surface area (Å²) in [4.78, 5) is 13.4. The van der Waals surface area contributed by atoms with Gasteiger partial charge in [0.1, 0.15) is 12.1 Å². The van der Waals surface area contributed by atoms with Gasteiger partial charge in [-0.15, -0.1) is 0 Å². The number of anilines is 1. The number of likely N-dealkylation sites (N-methyl/N-ethyl adjacent to an activating group) is 1. The highest BCUT2D eigenvalue weighted by Crippen LogP contribution is 2.15. The number of nitrogens with one attached hydrogen (secondary N) is 1. The lowest BCUT2D eigenvalue weighted by molar-refractivity contribution is 0.246. The van der Waals surface area contributed by atoms with Crippen molar-refractivity contribution in [3.63, 3.8) is 0 Å². The zero-order valence-electron chi connectivity index (χ0n) is 12.3. The Morgan fingerprint density at radius 2 is 2.05 bits per heavy atom. The van der Waals surface area contributed by atoms with Gasteiger partial charge in [-0.3, -0.25) is 4.90 Å². The SMILES string of the molecule is CC(C)c1cc(N(C)CCN2CCNCC2)ncn1. The van der Waals surface area contributed by atoms with E-state index < -0.39 is 0 Å². The first-order valence-corrected chi connectivity index (χ1v) is 7.13. The predicted molar refractivity (Wildman–Crippen MR) is 78.7 cm³/mol. The van der Waals surface area contributed by atoms with Crippen LogP contribution in [0.3, 0.4) is 0 Å². The van der Waals surface area contributed by atoms with E-state index in [1.54, 1.807) is 6.33 Å². The first-order valence-electron chi connectivity index (χ1n) is 7.13. The minimum atomic E-state index is 0.448. The van der Waals surface area contributed by atoms with Gasteiger partial charge in [0.2, 0.25) is 0 Å². The summed E-state index contributed by atoms with van der Waals surface area (Å²) in [6, 6.07) is 2.10. The van der Waals surface area contributed by atoms with Crippen LogP contribution >= 0.6 is 0 Å². The molecule has 5 heteroatoms. The summed E-state index contributed by atoms with van der Waals surface area (Å²) in [6.45, 7) is 10.9. The molecule has 2 rings (SSSR count). The van der Waals surface area contributed by atoms with Crippen molar-refractivity contribution < 1.29 is 0 Å². The molecule has 1 saturated heterocycles. The fourth-order valence-electron chi connectivity index (χ4n) is 2.23. The summed E-state index contributed by atoms with van der Waals surface area (Å²) in [7, 11) is 2.11. The Kier molecular flexibility index (Phi) is 5.10. The van der Waals surface area contributed by atoms with Crippen molar-refractivity contribution >= 4 is 5.82 Å². The highest BCUT2D eigenvalue weighted by atomic mass is 15.2. The van der Waals surface area contributed by atoms with Crippen molar-refractivity contribution in [3.8, 4) is 0 Å². The molecule has 0 amide bonds. The third kappa shape index (κ3) is 4.14. The molecule has 0 bridgehead atoms. The van der Waals surface area contributed by atoms with Gasteiger partial charge in [0.15, 0.2) is 0 Å². The largest absolute Gasteiger partial charge is 0.358 e. The van der Waals surface area contributed by atoms with Crippen LogP contribution in [0.5, 0.6) is 0 Å². The highest BCUT2D eigenvalue weighted by molar-refractivity contribution is 5.38. The molecule has 0 unspecified atom stereocenters. The first kappa shape index (κ1) is 14.2. The van der Waals surface area contributed by atoms with Gasteiger partial charge in [-0.2, -0.15) is 0 Å². The van der Waals surface area contributed by atoms with E-state index in [2.05, 4.69) is 52.0 Å². The molecule has 0 spiro atoms. The van der Waals surface area contributed by atoms with E-state index in [9.17, 15) is 0 Å². The molecule has 0 aliphatic carbocycles. The lowest BCUT2D eigenvalue weighted by Crippen LogP contribution is -2.46. The Morgan fingerprint density at radius 3 is 2.74 bits per heavy atom. The molecule has 1 N–H and O–H groups in total. The molecule has 19 heavy (non-hydrogen) atoms. The molecule has 2 heterocycles. The molecule has 0 atom stereocenters. The molecular formula is C14H25N5. The highest BCUT2D eigenvalue weighted by Gasteiger charge is 2.11. The Labute approximate surface area is 116 Å². The minimum Gasteiger partial charge on any atom is -0.358 e. The van der Waals surface area contributed by atoms with Crippen LogP contribution < -0.4 is 10.2 Å². The van der Waals surface area contributed by atoms with E-state index >= 15 is 0 Å². The summed E-state index contributed by atoms with van der Waals surface area (Å²) >= 11 is 0. The van der Waals surface area contributed by atoms with Gasteiger partial charge in [-0.25, -0.2) is 9.97 Å². The fourth-order valence-corrected chi connectivity index (χ4v) is 2.23. The molecule has 1 aliphatic rings. The summed E-state index contributed by atoms with van der Waals surface area (Å²) < 4.78 is 0. The summed E-state index contributed by atoms with van der Waals surface area (Å²) in [5, 5.41) is 3.38. The van der Waals surface area contributed by atoms with E-state index in [1.165, 1.54) is 0 Å². The minimum absolute atomic E-state index is 0.448. The third-order valence-electron chi connectivity index (χ3n) is 3.62. The Morgan fingerprint density at radius 1 is 1.32 bits per heavy atom. The van der Waals surface area contributed by atoms with Crippen LogP contribution in [0, 0.1) is 0 Å². The molecule has 0 saturated carbocycles. The number of piperazine rings is 1. The maximum Gasteiger partial charge on any atom is 0.131 e. The third-order valence-corrected chi connectivity index (χ3v) is 3.62. The molecule has 1 aromatic heterocycles. The molecule has 1 fully saturated rings. The Hall–Kier alpha value is -1.20. The Balaban J connectivity index is 1.88. The Bertz CT molecular complexity index is 387. The van der Waals surface area contributed by atoms with Crippen LogP contribution in [0.4, 0.5) is 5.82 Å². The maximum absolute atomic E-state index is 4.37. The van der Waals surface area contributed by atoms with Crippen LogP contribution in [0.25, 0.3) is 0 Å². The second-order valence-corrected chi connectivity index (χ2v) is 5.47. The zero-order chi connectivity index (χ0) is 13.7. The predicted octanol–water partition coefficient (Wildman–Crippen LogP) is 0.941. The van der Waals surface area contributed by atoms with Crippen molar-refractivity contribution in [3.05, 3.63) is 18.1 Å². The quantitative estimate of drug-likeness (QED) is 0.856.